The Hall–Kier alpha value is -0.710. The maximum atomic E-state index is 11.8. The van der Waals surface area contributed by atoms with Gasteiger partial charge in [0.25, 0.3) is 0 Å². The summed E-state index contributed by atoms with van der Waals surface area (Å²) in [6.07, 6.45) is 10.6. The zero-order valence-corrected chi connectivity index (χ0v) is 13.3. The monoisotopic (exact) mass is 295 g/mol. The second kappa shape index (κ2) is 7.52. The molecule has 2 fully saturated rings. The standard InChI is InChI=1S/C17H29NO3/c1-3-13-11-14(13)7-5-4-6-8-15(19)12-18-17(9-10-17)16(20)21-2/h4,6,13-14,16,18,20H,3,5,7-12H2,1-2H3/b6-4-. The Bertz CT molecular complexity index is 376. The number of nitrogens with one attached hydrogen (secondary N) is 1. The van der Waals surface area contributed by atoms with Crippen molar-refractivity contribution in [3.8, 4) is 0 Å². The van der Waals surface area contributed by atoms with Crippen LogP contribution in [0.4, 0.5) is 0 Å². The summed E-state index contributed by atoms with van der Waals surface area (Å²) in [6.45, 7) is 2.57. The van der Waals surface area contributed by atoms with Crippen LogP contribution < -0.4 is 5.32 Å². The third-order valence-electron chi connectivity index (χ3n) is 4.93. The molecule has 0 spiro atoms. The van der Waals surface area contributed by atoms with E-state index in [2.05, 4.69) is 18.3 Å². The minimum absolute atomic E-state index is 0.165. The lowest BCUT2D eigenvalue weighted by Crippen LogP contribution is -2.45. The van der Waals surface area contributed by atoms with E-state index in [9.17, 15) is 9.90 Å². The first-order chi connectivity index (χ1) is 10.1. The van der Waals surface area contributed by atoms with E-state index in [1.807, 2.05) is 6.08 Å². The number of ether oxygens (including phenoxy) is 1. The molecule has 4 heteroatoms. The summed E-state index contributed by atoms with van der Waals surface area (Å²) >= 11 is 0. The zero-order valence-electron chi connectivity index (χ0n) is 13.3. The summed E-state index contributed by atoms with van der Waals surface area (Å²) in [5, 5.41) is 12.8. The molecular formula is C17H29NO3. The lowest BCUT2D eigenvalue weighted by molar-refractivity contribution is -0.120. The molecule has 2 aliphatic rings. The van der Waals surface area contributed by atoms with Crippen LogP contribution in [0, 0.1) is 11.8 Å². The number of carbonyl (C=O) groups is 1. The molecule has 2 N–H and O–H groups in total. The Kier molecular flexibility index (Phi) is 5.97. The highest BCUT2D eigenvalue weighted by Gasteiger charge is 2.49. The predicted octanol–water partition coefficient (Wildman–Crippen LogP) is 2.42. The third kappa shape index (κ3) is 4.90. The van der Waals surface area contributed by atoms with Crippen LogP contribution in [0.5, 0.6) is 0 Å². The highest BCUT2D eigenvalue weighted by molar-refractivity contribution is 5.81. The Balaban J connectivity index is 1.53. The van der Waals surface area contributed by atoms with Crippen LogP contribution in [0.25, 0.3) is 0 Å². The van der Waals surface area contributed by atoms with Crippen molar-refractivity contribution in [3.63, 3.8) is 0 Å². The molecular weight excluding hydrogens is 266 g/mol. The minimum atomic E-state index is -0.814. The van der Waals surface area contributed by atoms with E-state index in [-0.39, 0.29) is 11.3 Å². The number of ketones is 1. The van der Waals surface area contributed by atoms with Crippen molar-refractivity contribution in [1.29, 1.82) is 0 Å². The number of carbonyl (C=O) groups excluding carboxylic acids is 1. The van der Waals surface area contributed by atoms with Gasteiger partial charge >= 0.3 is 0 Å². The van der Waals surface area contributed by atoms with Crippen molar-refractivity contribution in [2.24, 2.45) is 11.8 Å². The van der Waals surface area contributed by atoms with Gasteiger partial charge < -0.3 is 9.84 Å². The van der Waals surface area contributed by atoms with E-state index in [1.54, 1.807) is 0 Å². The van der Waals surface area contributed by atoms with Crippen molar-refractivity contribution in [1.82, 2.24) is 5.32 Å². The number of allylic oxidation sites excluding steroid dienone is 2. The number of hydrogen-bond donors (Lipinski definition) is 2. The highest BCUT2D eigenvalue weighted by atomic mass is 16.6. The molecule has 2 saturated carbocycles. The van der Waals surface area contributed by atoms with Crippen LogP contribution >= 0.6 is 0 Å². The van der Waals surface area contributed by atoms with Gasteiger partial charge in [-0.15, -0.1) is 0 Å². The summed E-state index contributed by atoms with van der Waals surface area (Å²) in [5.41, 5.74) is -0.380. The van der Waals surface area contributed by atoms with Crippen LogP contribution in [0.3, 0.4) is 0 Å². The molecule has 0 saturated heterocycles. The fourth-order valence-corrected chi connectivity index (χ4v) is 3.02. The first-order valence-corrected chi connectivity index (χ1v) is 8.24. The zero-order chi connectivity index (χ0) is 15.3. The van der Waals surface area contributed by atoms with Crippen molar-refractivity contribution in [2.75, 3.05) is 13.7 Å². The van der Waals surface area contributed by atoms with E-state index >= 15 is 0 Å². The SMILES string of the molecule is CCC1CC1CC/C=C\CC(=O)CNC1(C(O)OC)CC1. The van der Waals surface area contributed by atoms with E-state index in [1.165, 1.54) is 26.4 Å². The second-order valence-corrected chi connectivity index (χ2v) is 6.55. The molecule has 0 bridgehead atoms. The van der Waals surface area contributed by atoms with Gasteiger partial charge in [0.15, 0.2) is 6.29 Å². The summed E-state index contributed by atoms with van der Waals surface area (Å²) in [5.74, 6) is 2.06. The number of Topliss-reactive ketones (excluding diaryl/α,β-unsaturated/α-hetero) is 1. The van der Waals surface area contributed by atoms with Gasteiger partial charge in [0.05, 0.1) is 12.1 Å². The number of methoxy groups -OCH3 is 1. The number of aliphatic hydroxyl groups excluding tert-OH is 1. The average Bonchev–Trinajstić information content (AvgIpc) is 3.39. The Morgan fingerprint density at radius 1 is 1.43 bits per heavy atom. The largest absolute Gasteiger partial charge is 0.366 e. The quantitative estimate of drug-likeness (QED) is 0.454. The summed E-state index contributed by atoms with van der Waals surface area (Å²) < 4.78 is 4.94. The van der Waals surface area contributed by atoms with E-state index in [0.717, 1.165) is 31.1 Å². The van der Waals surface area contributed by atoms with Crippen molar-refractivity contribution in [3.05, 3.63) is 12.2 Å². The molecule has 120 valence electrons. The second-order valence-electron chi connectivity index (χ2n) is 6.55. The first kappa shape index (κ1) is 16.7. The molecule has 21 heavy (non-hydrogen) atoms. The van der Waals surface area contributed by atoms with Crippen LogP contribution in [0.1, 0.15) is 51.9 Å². The van der Waals surface area contributed by atoms with Crippen LogP contribution in [-0.4, -0.2) is 36.4 Å². The molecule has 0 radical (unpaired) electrons. The molecule has 0 aromatic heterocycles. The molecule has 3 unspecified atom stereocenters. The first-order valence-electron chi connectivity index (χ1n) is 8.24. The van der Waals surface area contributed by atoms with Gasteiger partial charge in [-0.3, -0.25) is 10.1 Å². The Morgan fingerprint density at radius 2 is 2.19 bits per heavy atom. The van der Waals surface area contributed by atoms with Crippen LogP contribution in [0.2, 0.25) is 0 Å². The molecule has 3 atom stereocenters. The number of hydrogen-bond acceptors (Lipinski definition) is 4. The minimum Gasteiger partial charge on any atom is -0.366 e. The maximum Gasteiger partial charge on any atom is 0.172 e. The fourth-order valence-electron chi connectivity index (χ4n) is 3.02. The van der Waals surface area contributed by atoms with Gasteiger partial charge in [0.1, 0.15) is 5.78 Å². The smallest absolute Gasteiger partial charge is 0.172 e. The predicted molar refractivity (Wildman–Crippen MR) is 82.9 cm³/mol. The summed E-state index contributed by atoms with van der Waals surface area (Å²) in [6, 6.07) is 0. The van der Waals surface area contributed by atoms with E-state index in [4.69, 9.17) is 4.74 Å². The van der Waals surface area contributed by atoms with Crippen molar-refractivity contribution >= 4 is 5.78 Å². The van der Waals surface area contributed by atoms with E-state index < -0.39 is 6.29 Å². The van der Waals surface area contributed by atoms with Gasteiger partial charge in [-0.05, 0) is 43.9 Å². The Morgan fingerprint density at radius 3 is 2.76 bits per heavy atom. The number of aliphatic hydroxyl groups is 1. The maximum absolute atomic E-state index is 11.8. The summed E-state index contributed by atoms with van der Waals surface area (Å²) in [7, 11) is 1.49. The van der Waals surface area contributed by atoms with Crippen molar-refractivity contribution in [2.45, 2.75) is 63.7 Å². The van der Waals surface area contributed by atoms with Crippen LogP contribution in [0.15, 0.2) is 12.2 Å². The Labute approximate surface area is 127 Å². The molecule has 2 aliphatic carbocycles. The molecule has 0 aromatic carbocycles. The van der Waals surface area contributed by atoms with E-state index in [0.29, 0.717) is 13.0 Å². The van der Waals surface area contributed by atoms with Crippen molar-refractivity contribution < 1.29 is 14.6 Å². The highest BCUT2D eigenvalue weighted by Crippen LogP contribution is 2.44. The lowest BCUT2D eigenvalue weighted by Gasteiger charge is -2.21. The normalized spacial score (nSPS) is 27.8. The molecule has 0 heterocycles. The molecule has 2 rings (SSSR count). The van der Waals surface area contributed by atoms with Crippen LogP contribution in [-0.2, 0) is 9.53 Å². The van der Waals surface area contributed by atoms with Gasteiger partial charge in [0.2, 0.25) is 0 Å². The molecule has 0 aliphatic heterocycles. The van der Waals surface area contributed by atoms with Gasteiger partial charge in [-0.2, -0.15) is 0 Å². The summed E-state index contributed by atoms with van der Waals surface area (Å²) in [4.78, 5) is 11.8. The van der Waals surface area contributed by atoms with Gasteiger partial charge in [-0.25, -0.2) is 0 Å². The molecule has 0 aromatic rings. The molecule has 0 amide bonds. The third-order valence-corrected chi connectivity index (χ3v) is 4.93. The topological polar surface area (TPSA) is 58.6 Å². The fraction of sp³-hybridized carbons (Fsp3) is 0.824. The van der Waals surface area contributed by atoms with Gasteiger partial charge in [0, 0.05) is 13.5 Å². The van der Waals surface area contributed by atoms with Gasteiger partial charge in [-0.1, -0.05) is 25.5 Å². The lowest BCUT2D eigenvalue weighted by atomic mass is 10.1. The molecule has 4 nitrogen and oxygen atoms in total. The number of rotatable bonds is 11. The average molecular weight is 295 g/mol.